The first-order valence-corrected chi connectivity index (χ1v) is 8.92. The van der Waals surface area contributed by atoms with Crippen molar-refractivity contribution in [3.05, 3.63) is 65.7 Å². The van der Waals surface area contributed by atoms with Crippen LogP contribution in [0.1, 0.15) is 36.2 Å². The molecule has 2 aromatic carbocycles. The number of hydrogen-bond acceptors (Lipinski definition) is 4. The quantitative estimate of drug-likeness (QED) is 0.573. The van der Waals surface area contributed by atoms with Crippen molar-refractivity contribution < 1.29 is 19.1 Å². The molecule has 27 heavy (non-hydrogen) atoms. The summed E-state index contributed by atoms with van der Waals surface area (Å²) in [5.74, 6) is -1.04. The molecule has 142 valence electrons. The molecule has 0 aromatic heterocycles. The largest absolute Gasteiger partial charge is 0.462 e. The van der Waals surface area contributed by atoms with Crippen LogP contribution in [0.5, 0.6) is 0 Å². The molecule has 0 aliphatic carbocycles. The number of anilines is 1. The summed E-state index contributed by atoms with van der Waals surface area (Å²) in [4.78, 5) is 37.8. The lowest BCUT2D eigenvalue weighted by molar-refractivity contribution is -0.134. The van der Waals surface area contributed by atoms with E-state index in [0.29, 0.717) is 30.9 Å². The van der Waals surface area contributed by atoms with Crippen LogP contribution in [0.25, 0.3) is 0 Å². The van der Waals surface area contributed by atoms with E-state index in [-0.39, 0.29) is 12.3 Å². The molecular formula is C21H24N2O4. The minimum absolute atomic E-state index is 0.234. The highest BCUT2D eigenvalue weighted by Crippen LogP contribution is 2.12. The molecule has 6 nitrogen and oxygen atoms in total. The van der Waals surface area contributed by atoms with Gasteiger partial charge in [-0.2, -0.15) is 0 Å². The standard InChI is InChI=1S/C21H24N2O4/c1-3-23(15-16-8-6-5-7-9-16)20(25)14-19(24)22-18-12-10-17(11-13-18)21(26)27-4-2/h5-13H,3-4,14-15H2,1-2H3,(H,22,24). The Hall–Kier alpha value is -3.15. The Morgan fingerprint density at radius 3 is 2.22 bits per heavy atom. The van der Waals surface area contributed by atoms with E-state index >= 15 is 0 Å². The molecule has 0 unspecified atom stereocenters. The fraction of sp³-hybridized carbons (Fsp3) is 0.286. The molecule has 0 fully saturated rings. The molecule has 0 atom stereocenters. The zero-order chi connectivity index (χ0) is 19.6. The van der Waals surface area contributed by atoms with Gasteiger partial charge in [0.2, 0.25) is 11.8 Å². The number of nitrogens with zero attached hydrogens (tertiary/aromatic N) is 1. The van der Waals surface area contributed by atoms with Crippen molar-refractivity contribution in [2.45, 2.75) is 26.8 Å². The fourth-order valence-electron chi connectivity index (χ4n) is 2.54. The van der Waals surface area contributed by atoms with Gasteiger partial charge in [0.15, 0.2) is 0 Å². The van der Waals surface area contributed by atoms with Crippen LogP contribution < -0.4 is 5.32 Å². The summed E-state index contributed by atoms with van der Waals surface area (Å²) in [6.45, 7) is 4.91. The first-order valence-electron chi connectivity index (χ1n) is 8.92. The highest BCUT2D eigenvalue weighted by molar-refractivity contribution is 6.03. The van der Waals surface area contributed by atoms with Crippen LogP contribution >= 0.6 is 0 Å². The van der Waals surface area contributed by atoms with Gasteiger partial charge in [-0.05, 0) is 43.7 Å². The number of carbonyl (C=O) groups is 3. The molecule has 2 rings (SSSR count). The minimum Gasteiger partial charge on any atom is -0.462 e. The van der Waals surface area contributed by atoms with E-state index in [1.165, 1.54) is 0 Å². The van der Waals surface area contributed by atoms with Crippen molar-refractivity contribution in [3.63, 3.8) is 0 Å². The molecule has 0 bridgehead atoms. The number of esters is 1. The number of hydrogen-bond donors (Lipinski definition) is 1. The van der Waals surface area contributed by atoms with Crippen molar-refractivity contribution in [1.82, 2.24) is 4.90 Å². The van der Waals surface area contributed by atoms with Gasteiger partial charge < -0.3 is 15.0 Å². The van der Waals surface area contributed by atoms with Gasteiger partial charge in [-0.25, -0.2) is 4.79 Å². The molecule has 0 saturated heterocycles. The van der Waals surface area contributed by atoms with Crippen LogP contribution in [-0.4, -0.2) is 35.8 Å². The lowest BCUT2D eigenvalue weighted by Crippen LogP contribution is -2.33. The minimum atomic E-state index is -0.412. The lowest BCUT2D eigenvalue weighted by Gasteiger charge is -2.20. The van der Waals surface area contributed by atoms with E-state index in [1.807, 2.05) is 37.3 Å². The average molecular weight is 368 g/mol. The maximum atomic E-state index is 12.4. The van der Waals surface area contributed by atoms with Gasteiger partial charge in [-0.1, -0.05) is 30.3 Å². The molecule has 2 aromatic rings. The summed E-state index contributed by atoms with van der Waals surface area (Å²) in [5, 5.41) is 2.68. The van der Waals surface area contributed by atoms with Crippen LogP contribution in [0.2, 0.25) is 0 Å². The molecule has 6 heteroatoms. The van der Waals surface area contributed by atoms with Gasteiger partial charge in [0.05, 0.1) is 12.2 Å². The second kappa shape index (κ2) is 10.1. The normalized spacial score (nSPS) is 10.1. The van der Waals surface area contributed by atoms with Gasteiger partial charge in [-0.3, -0.25) is 9.59 Å². The Labute approximate surface area is 159 Å². The second-order valence-corrected chi connectivity index (χ2v) is 5.92. The average Bonchev–Trinajstić information content (AvgIpc) is 2.67. The first-order chi connectivity index (χ1) is 13.0. The monoisotopic (exact) mass is 368 g/mol. The highest BCUT2D eigenvalue weighted by atomic mass is 16.5. The first kappa shape index (κ1) is 20.2. The molecule has 0 aliphatic rings. The predicted molar refractivity (Wildman–Crippen MR) is 103 cm³/mol. The SMILES string of the molecule is CCOC(=O)c1ccc(NC(=O)CC(=O)N(CC)Cc2ccccc2)cc1. The molecular weight excluding hydrogens is 344 g/mol. The molecule has 0 heterocycles. The molecule has 0 saturated carbocycles. The molecule has 1 N–H and O–H groups in total. The van der Waals surface area contributed by atoms with Crippen molar-refractivity contribution in [3.8, 4) is 0 Å². The summed E-state index contributed by atoms with van der Waals surface area (Å²) >= 11 is 0. The van der Waals surface area contributed by atoms with E-state index in [9.17, 15) is 14.4 Å². The van der Waals surface area contributed by atoms with E-state index in [4.69, 9.17) is 4.74 Å². The van der Waals surface area contributed by atoms with Gasteiger partial charge in [0, 0.05) is 18.8 Å². The number of benzene rings is 2. The van der Waals surface area contributed by atoms with Crippen LogP contribution in [0.4, 0.5) is 5.69 Å². The fourth-order valence-corrected chi connectivity index (χ4v) is 2.54. The summed E-state index contributed by atoms with van der Waals surface area (Å²) < 4.78 is 4.91. The van der Waals surface area contributed by atoms with Crippen LogP contribution in [0.3, 0.4) is 0 Å². The Kier molecular flexibility index (Phi) is 7.55. The third kappa shape index (κ3) is 6.26. The van der Waals surface area contributed by atoms with Crippen molar-refractivity contribution in [1.29, 1.82) is 0 Å². The third-order valence-electron chi connectivity index (χ3n) is 3.94. The zero-order valence-corrected chi connectivity index (χ0v) is 15.6. The van der Waals surface area contributed by atoms with Crippen molar-refractivity contribution in [2.24, 2.45) is 0 Å². The Morgan fingerprint density at radius 1 is 0.963 bits per heavy atom. The lowest BCUT2D eigenvalue weighted by atomic mass is 10.2. The van der Waals surface area contributed by atoms with E-state index < -0.39 is 11.9 Å². The maximum Gasteiger partial charge on any atom is 0.338 e. The van der Waals surface area contributed by atoms with Crippen molar-refractivity contribution >= 4 is 23.5 Å². The topological polar surface area (TPSA) is 75.7 Å². The van der Waals surface area contributed by atoms with E-state index in [1.54, 1.807) is 36.1 Å². The van der Waals surface area contributed by atoms with Crippen LogP contribution in [0.15, 0.2) is 54.6 Å². The summed E-state index contributed by atoms with van der Waals surface area (Å²) in [6, 6.07) is 16.0. The smallest absolute Gasteiger partial charge is 0.338 e. The summed E-state index contributed by atoms with van der Waals surface area (Å²) in [5.41, 5.74) is 1.94. The Balaban J connectivity index is 1.90. The van der Waals surface area contributed by atoms with Gasteiger partial charge in [-0.15, -0.1) is 0 Å². The number of amides is 2. The summed E-state index contributed by atoms with van der Waals surface area (Å²) in [6.07, 6.45) is -0.236. The summed E-state index contributed by atoms with van der Waals surface area (Å²) in [7, 11) is 0. The molecule has 0 aliphatic heterocycles. The van der Waals surface area contributed by atoms with Crippen LogP contribution in [-0.2, 0) is 20.9 Å². The van der Waals surface area contributed by atoms with Crippen LogP contribution in [0, 0.1) is 0 Å². The van der Waals surface area contributed by atoms with Gasteiger partial charge in [0.25, 0.3) is 0 Å². The Morgan fingerprint density at radius 2 is 1.63 bits per heavy atom. The van der Waals surface area contributed by atoms with E-state index in [0.717, 1.165) is 5.56 Å². The molecule has 2 amide bonds. The van der Waals surface area contributed by atoms with Gasteiger partial charge >= 0.3 is 5.97 Å². The molecule has 0 spiro atoms. The highest BCUT2D eigenvalue weighted by Gasteiger charge is 2.16. The number of carbonyl (C=O) groups excluding carboxylic acids is 3. The van der Waals surface area contributed by atoms with E-state index in [2.05, 4.69) is 5.32 Å². The number of rotatable bonds is 8. The number of nitrogens with one attached hydrogen (secondary N) is 1. The number of ether oxygens (including phenoxy) is 1. The Bertz CT molecular complexity index is 773. The predicted octanol–water partition coefficient (Wildman–Crippen LogP) is 3.24. The van der Waals surface area contributed by atoms with Gasteiger partial charge in [0.1, 0.15) is 6.42 Å². The molecule has 0 radical (unpaired) electrons. The van der Waals surface area contributed by atoms with Crippen molar-refractivity contribution in [2.75, 3.05) is 18.5 Å². The maximum absolute atomic E-state index is 12.4. The second-order valence-electron chi connectivity index (χ2n) is 5.92. The zero-order valence-electron chi connectivity index (χ0n) is 15.6. The third-order valence-corrected chi connectivity index (χ3v) is 3.94.